The maximum Gasteiger partial charge on any atom is 0.272 e. The molecule has 0 fully saturated rings. The molecule has 8 heteroatoms. The Hall–Kier alpha value is -1.53. The number of non-ortho nitro benzene ring substituents is 1. The van der Waals surface area contributed by atoms with E-state index in [9.17, 15) is 14.9 Å². The van der Waals surface area contributed by atoms with E-state index in [1.54, 1.807) is 6.92 Å². The molecular weight excluding hydrogens is 281 g/mol. The summed E-state index contributed by atoms with van der Waals surface area (Å²) in [7, 11) is 0. The molecule has 0 aliphatic carbocycles. The Morgan fingerprint density at radius 2 is 1.94 bits per heavy atom. The average Bonchev–Trinajstić information content (AvgIpc) is 2.27. The molecule has 0 saturated heterocycles. The number of nitro benzene ring substituents is 1. The summed E-state index contributed by atoms with van der Waals surface area (Å²) >= 11 is 11.7. The molecule has 0 aliphatic rings. The van der Waals surface area contributed by atoms with Crippen LogP contribution in [-0.4, -0.2) is 23.9 Å². The van der Waals surface area contributed by atoms with Gasteiger partial charge in [0.25, 0.3) is 5.69 Å². The fourth-order valence-electron chi connectivity index (χ4n) is 1.26. The monoisotopic (exact) mass is 291 g/mol. The molecular formula is C10H11Cl2N3O3. The molecule has 1 aromatic rings. The van der Waals surface area contributed by atoms with Crippen molar-refractivity contribution in [3.05, 3.63) is 32.3 Å². The normalized spacial score (nSPS) is 9.94. The Morgan fingerprint density at radius 3 is 2.39 bits per heavy atom. The highest BCUT2D eigenvalue weighted by Crippen LogP contribution is 2.34. The van der Waals surface area contributed by atoms with Crippen LogP contribution in [0.15, 0.2) is 12.1 Å². The molecule has 0 heterocycles. The molecule has 0 spiro atoms. The van der Waals surface area contributed by atoms with Crippen LogP contribution in [0, 0.1) is 10.1 Å². The zero-order valence-corrected chi connectivity index (χ0v) is 11.0. The average molecular weight is 292 g/mol. The standard InChI is InChI=1S/C10H11Cl2N3O3/c1-2-13-9(16)5-14-10-7(11)3-6(15(17)18)4-8(10)12/h3-4,14H,2,5H2,1H3,(H,13,16). The van der Waals surface area contributed by atoms with Gasteiger partial charge in [0.2, 0.25) is 5.91 Å². The van der Waals surface area contributed by atoms with Crippen LogP contribution in [0.4, 0.5) is 11.4 Å². The molecule has 0 saturated carbocycles. The maximum absolute atomic E-state index is 11.2. The van der Waals surface area contributed by atoms with Gasteiger partial charge in [-0.05, 0) is 6.92 Å². The van der Waals surface area contributed by atoms with Crippen molar-refractivity contribution in [1.29, 1.82) is 0 Å². The molecule has 98 valence electrons. The lowest BCUT2D eigenvalue weighted by Gasteiger charge is -2.10. The molecule has 1 rings (SSSR count). The van der Waals surface area contributed by atoms with Crippen molar-refractivity contribution in [2.45, 2.75) is 6.92 Å². The lowest BCUT2D eigenvalue weighted by atomic mass is 10.2. The maximum atomic E-state index is 11.2. The number of likely N-dealkylation sites (N-methyl/N-ethyl adjacent to an activating group) is 1. The Bertz CT molecular complexity index is 456. The zero-order valence-electron chi connectivity index (χ0n) is 9.50. The smallest absolute Gasteiger partial charge is 0.272 e. The quantitative estimate of drug-likeness (QED) is 0.645. The first-order chi connectivity index (χ1) is 8.45. The first-order valence-electron chi connectivity index (χ1n) is 5.09. The number of hydrogen-bond donors (Lipinski definition) is 2. The number of benzene rings is 1. The second kappa shape index (κ2) is 6.42. The highest BCUT2D eigenvalue weighted by Gasteiger charge is 2.14. The molecule has 0 bridgehead atoms. The van der Waals surface area contributed by atoms with Gasteiger partial charge >= 0.3 is 0 Å². The number of nitro groups is 1. The van der Waals surface area contributed by atoms with Gasteiger partial charge in [-0.2, -0.15) is 0 Å². The van der Waals surface area contributed by atoms with Gasteiger partial charge in [-0.3, -0.25) is 14.9 Å². The van der Waals surface area contributed by atoms with Gasteiger partial charge in [0.1, 0.15) is 0 Å². The van der Waals surface area contributed by atoms with Gasteiger partial charge in [0.15, 0.2) is 0 Å². The molecule has 0 radical (unpaired) electrons. The highest BCUT2D eigenvalue weighted by atomic mass is 35.5. The number of nitrogens with one attached hydrogen (secondary N) is 2. The predicted octanol–water partition coefficient (Wildman–Crippen LogP) is 2.45. The third-order valence-electron chi connectivity index (χ3n) is 2.04. The van der Waals surface area contributed by atoms with Gasteiger partial charge in [-0.1, -0.05) is 23.2 Å². The van der Waals surface area contributed by atoms with Crippen LogP contribution in [0.25, 0.3) is 0 Å². The molecule has 18 heavy (non-hydrogen) atoms. The summed E-state index contributed by atoms with van der Waals surface area (Å²) in [5.41, 5.74) is 0.101. The van der Waals surface area contributed by atoms with E-state index in [2.05, 4.69) is 10.6 Å². The topological polar surface area (TPSA) is 84.3 Å². The molecule has 1 aromatic carbocycles. The van der Waals surface area contributed by atoms with Crippen molar-refractivity contribution >= 4 is 40.5 Å². The van der Waals surface area contributed by atoms with E-state index in [0.29, 0.717) is 12.2 Å². The third-order valence-corrected chi connectivity index (χ3v) is 2.63. The summed E-state index contributed by atoms with van der Waals surface area (Å²) in [4.78, 5) is 21.2. The highest BCUT2D eigenvalue weighted by molar-refractivity contribution is 6.39. The minimum atomic E-state index is -0.592. The lowest BCUT2D eigenvalue weighted by molar-refractivity contribution is -0.384. The third kappa shape index (κ3) is 3.75. The summed E-state index contributed by atoms with van der Waals surface area (Å²) in [5, 5.41) is 16.1. The SMILES string of the molecule is CCNC(=O)CNc1c(Cl)cc([N+](=O)[O-])cc1Cl. The number of rotatable bonds is 5. The number of amides is 1. The summed E-state index contributed by atoms with van der Waals surface area (Å²) < 4.78 is 0. The molecule has 0 unspecified atom stereocenters. The Morgan fingerprint density at radius 1 is 1.39 bits per heavy atom. The van der Waals surface area contributed by atoms with Crippen LogP contribution in [0.2, 0.25) is 10.0 Å². The Balaban J connectivity index is 2.84. The fraction of sp³-hybridized carbons (Fsp3) is 0.300. The molecule has 6 nitrogen and oxygen atoms in total. The van der Waals surface area contributed by atoms with Crippen molar-refractivity contribution in [3.8, 4) is 0 Å². The Kier molecular flexibility index (Phi) is 5.18. The van der Waals surface area contributed by atoms with Crippen LogP contribution in [0.1, 0.15) is 6.92 Å². The molecule has 2 N–H and O–H groups in total. The molecule has 0 aliphatic heterocycles. The van der Waals surface area contributed by atoms with Gasteiger partial charge in [0.05, 0.1) is 27.2 Å². The van der Waals surface area contributed by atoms with E-state index in [1.165, 1.54) is 12.1 Å². The minimum Gasteiger partial charge on any atom is -0.374 e. The first-order valence-corrected chi connectivity index (χ1v) is 5.85. The summed E-state index contributed by atoms with van der Waals surface area (Å²) in [6, 6.07) is 2.35. The van der Waals surface area contributed by atoms with E-state index in [4.69, 9.17) is 23.2 Å². The number of anilines is 1. The number of carbonyl (C=O) groups excluding carboxylic acids is 1. The second-order valence-electron chi connectivity index (χ2n) is 3.35. The van der Waals surface area contributed by atoms with Gasteiger partial charge < -0.3 is 10.6 Å². The van der Waals surface area contributed by atoms with Crippen LogP contribution >= 0.6 is 23.2 Å². The van der Waals surface area contributed by atoms with Gasteiger partial charge in [0, 0.05) is 18.7 Å². The number of nitrogens with zero attached hydrogens (tertiary/aromatic N) is 1. The van der Waals surface area contributed by atoms with Crippen molar-refractivity contribution in [3.63, 3.8) is 0 Å². The van der Waals surface area contributed by atoms with Crippen molar-refractivity contribution in [2.24, 2.45) is 0 Å². The van der Waals surface area contributed by atoms with E-state index in [-0.39, 0.29) is 28.2 Å². The van der Waals surface area contributed by atoms with E-state index in [0.717, 1.165) is 0 Å². The summed E-state index contributed by atoms with van der Waals surface area (Å²) in [5.74, 6) is -0.219. The summed E-state index contributed by atoms with van der Waals surface area (Å²) in [6.07, 6.45) is 0. The number of halogens is 2. The van der Waals surface area contributed by atoms with E-state index < -0.39 is 4.92 Å². The largest absolute Gasteiger partial charge is 0.374 e. The van der Waals surface area contributed by atoms with Crippen LogP contribution in [0.5, 0.6) is 0 Å². The number of carbonyl (C=O) groups is 1. The van der Waals surface area contributed by atoms with Crippen molar-refractivity contribution in [1.82, 2.24) is 5.32 Å². The molecule has 0 aromatic heterocycles. The van der Waals surface area contributed by atoms with Crippen molar-refractivity contribution < 1.29 is 9.72 Å². The molecule has 1 amide bonds. The summed E-state index contributed by atoms with van der Waals surface area (Å²) in [6.45, 7) is 2.30. The zero-order chi connectivity index (χ0) is 13.7. The number of hydrogen-bond acceptors (Lipinski definition) is 4. The Labute approximate surface area is 113 Å². The second-order valence-corrected chi connectivity index (χ2v) is 4.16. The van der Waals surface area contributed by atoms with Crippen LogP contribution < -0.4 is 10.6 Å². The molecule has 0 atom stereocenters. The fourth-order valence-corrected chi connectivity index (χ4v) is 1.87. The van der Waals surface area contributed by atoms with Gasteiger partial charge in [-0.15, -0.1) is 0 Å². The first kappa shape index (κ1) is 14.5. The van der Waals surface area contributed by atoms with Crippen molar-refractivity contribution in [2.75, 3.05) is 18.4 Å². The van der Waals surface area contributed by atoms with Crippen LogP contribution in [-0.2, 0) is 4.79 Å². The van der Waals surface area contributed by atoms with E-state index >= 15 is 0 Å². The van der Waals surface area contributed by atoms with Crippen LogP contribution in [0.3, 0.4) is 0 Å². The lowest BCUT2D eigenvalue weighted by Crippen LogP contribution is -2.29. The minimum absolute atomic E-state index is 0.00884. The van der Waals surface area contributed by atoms with Gasteiger partial charge in [-0.25, -0.2) is 0 Å². The van der Waals surface area contributed by atoms with E-state index in [1.807, 2.05) is 0 Å². The predicted molar refractivity (Wildman–Crippen MR) is 70.3 cm³/mol.